The molecule has 0 nitrogen and oxygen atoms in total. The molecule has 0 unspecified atom stereocenters. The minimum Gasteiger partial charge on any atom is -1.00 e. The zero-order chi connectivity index (χ0) is 6.55. The van der Waals surface area contributed by atoms with E-state index < -0.39 is 0 Å². The number of hydrogen-bond acceptors (Lipinski definition) is 0. The molecule has 11 heavy (non-hydrogen) atoms. The summed E-state index contributed by atoms with van der Waals surface area (Å²) in [4.78, 5) is 0. The van der Waals surface area contributed by atoms with Gasteiger partial charge in [0.15, 0.2) is 0 Å². The van der Waals surface area contributed by atoms with E-state index in [0.29, 0.717) is 0 Å². The molecule has 0 spiro atoms. The normalized spacial score (nSPS) is 52.4. The van der Waals surface area contributed by atoms with Crippen molar-refractivity contribution in [1.82, 2.24) is 0 Å². The largest absolute Gasteiger partial charge is 2.00 e. The van der Waals surface area contributed by atoms with Crippen LogP contribution < -0.4 is 0 Å². The van der Waals surface area contributed by atoms with E-state index >= 15 is 0 Å². The van der Waals surface area contributed by atoms with Gasteiger partial charge in [-0.25, -0.2) is 0 Å². The summed E-state index contributed by atoms with van der Waals surface area (Å²) in [7, 11) is 0. The van der Waals surface area contributed by atoms with E-state index in [4.69, 9.17) is 0 Å². The van der Waals surface area contributed by atoms with Crippen molar-refractivity contribution in [2.45, 2.75) is 38.5 Å². The smallest absolute Gasteiger partial charge is 1.00 e. The molecule has 4 aliphatic carbocycles. The van der Waals surface area contributed by atoms with Crippen LogP contribution in [0.2, 0.25) is 0 Å². The molecule has 0 aromatic carbocycles. The molecule has 0 N–H and O–H groups in total. The topological polar surface area (TPSA) is 0 Å². The fourth-order valence-electron chi connectivity index (χ4n) is 3.98. The van der Waals surface area contributed by atoms with Gasteiger partial charge in [-0.05, 0) is 62.2 Å². The van der Waals surface area contributed by atoms with Crippen molar-refractivity contribution in [3.05, 3.63) is 0 Å². The zero-order valence-electron chi connectivity index (χ0n) is 9.26. The Kier molecular flexibility index (Phi) is 1.84. The standard InChI is InChI=1S/C10H16.Be.2H/c1-7-2-9-4-8(1)5-10(3-7)6-9;;;/h7-10H,1-6H2;;;/q;+2;2*-1. The Hall–Kier alpha value is 0.169. The van der Waals surface area contributed by atoms with Crippen molar-refractivity contribution in [2.24, 2.45) is 23.7 Å². The summed E-state index contributed by atoms with van der Waals surface area (Å²) in [6.07, 6.45) is 9.62. The van der Waals surface area contributed by atoms with Crippen molar-refractivity contribution in [1.29, 1.82) is 0 Å². The Morgan fingerprint density at radius 2 is 0.727 bits per heavy atom. The minimum atomic E-state index is 0. The molecule has 0 saturated heterocycles. The molecule has 0 aromatic heterocycles. The summed E-state index contributed by atoms with van der Waals surface area (Å²) >= 11 is 0. The maximum atomic E-state index is 1.60. The molecule has 0 atom stereocenters. The summed E-state index contributed by atoms with van der Waals surface area (Å²) in [5.74, 6) is 4.71. The quantitative estimate of drug-likeness (QED) is 0.462. The Morgan fingerprint density at radius 1 is 0.545 bits per heavy atom. The zero-order valence-corrected chi connectivity index (χ0v) is 7.26. The van der Waals surface area contributed by atoms with Gasteiger partial charge in [0.25, 0.3) is 0 Å². The molecular formula is C10H18Be. The number of rotatable bonds is 0. The van der Waals surface area contributed by atoms with E-state index in [-0.39, 0.29) is 13.0 Å². The van der Waals surface area contributed by atoms with Gasteiger partial charge in [-0.3, -0.25) is 0 Å². The maximum Gasteiger partial charge on any atom is 2.00 e. The summed E-state index contributed by atoms with van der Waals surface area (Å²) < 4.78 is 0. The average molecular weight is 147 g/mol. The van der Waals surface area contributed by atoms with Gasteiger partial charge in [0, 0.05) is 0 Å². The van der Waals surface area contributed by atoms with Crippen LogP contribution in [0.15, 0.2) is 0 Å². The van der Waals surface area contributed by atoms with Crippen LogP contribution in [0.3, 0.4) is 0 Å². The average Bonchev–Trinajstić information content (AvgIpc) is 1.82. The second-order valence-corrected chi connectivity index (χ2v) is 4.88. The second kappa shape index (κ2) is 2.59. The van der Waals surface area contributed by atoms with Crippen LogP contribution in [0.1, 0.15) is 41.4 Å². The van der Waals surface area contributed by atoms with Crippen molar-refractivity contribution >= 4 is 10.1 Å². The third kappa shape index (κ3) is 1.16. The summed E-state index contributed by atoms with van der Waals surface area (Å²) in [5, 5.41) is 0. The predicted octanol–water partition coefficient (Wildman–Crippen LogP) is 2.68. The van der Waals surface area contributed by atoms with Gasteiger partial charge in [0.1, 0.15) is 0 Å². The molecule has 60 valence electrons. The first-order valence-electron chi connectivity index (χ1n) is 4.90. The minimum absolute atomic E-state index is 0. The predicted molar refractivity (Wildman–Crippen MR) is 49.6 cm³/mol. The van der Waals surface area contributed by atoms with E-state index in [1.165, 1.54) is 23.7 Å². The van der Waals surface area contributed by atoms with Crippen LogP contribution in [0.25, 0.3) is 0 Å². The molecule has 4 saturated carbocycles. The Morgan fingerprint density at radius 3 is 0.909 bits per heavy atom. The van der Waals surface area contributed by atoms with Gasteiger partial charge in [0.2, 0.25) is 0 Å². The van der Waals surface area contributed by atoms with Crippen LogP contribution in [0, 0.1) is 23.7 Å². The van der Waals surface area contributed by atoms with E-state index in [1.807, 2.05) is 0 Å². The second-order valence-electron chi connectivity index (χ2n) is 4.88. The van der Waals surface area contributed by atoms with Crippen LogP contribution in [-0.4, -0.2) is 10.1 Å². The van der Waals surface area contributed by atoms with Crippen molar-refractivity contribution < 1.29 is 2.85 Å². The maximum absolute atomic E-state index is 1.60. The SMILES string of the molecule is C1C2CC3CC1CC(C2)C3.[Be+2].[H-].[H-]. The van der Waals surface area contributed by atoms with Gasteiger partial charge < -0.3 is 2.85 Å². The first kappa shape index (κ1) is 7.80. The van der Waals surface area contributed by atoms with E-state index in [1.54, 1.807) is 38.5 Å². The molecule has 4 bridgehead atoms. The van der Waals surface area contributed by atoms with E-state index in [0.717, 1.165) is 0 Å². The summed E-state index contributed by atoms with van der Waals surface area (Å²) in [5.41, 5.74) is 0. The number of hydrogen-bond donors (Lipinski definition) is 0. The van der Waals surface area contributed by atoms with Gasteiger partial charge in [-0.15, -0.1) is 0 Å². The van der Waals surface area contributed by atoms with Crippen LogP contribution in [-0.2, 0) is 0 Å². The Balaban J connectivity index is 0.000000480. The molecule has 4 rings (SSSR count). The summed E-state index contributed by atoms with van der Waals surface area (Å²) in [6.45, 7) is 0. The molecule has 0 aliphatic heterocycles. The molecule has 4 fully saturated rings. The van der Waals surface area contributed by atoms with Gasteiger partial charge in [-0.2, -0.15) is 0 Å². The fraction of sp³-hybridized carbons (Fsp3) is 1.00. The van der Waals surface area contributed by atoms with Crippen LogP contribution >= 0.6 is 0 Å². The van der Waals surface area contributed by atoms with Gasteiger partial charge in [-0.1, -0.05) is 0 Å². The summed E-state index contributed by atoms with van der Waals surface area (Å²) in [6, 6.07) is 0. The molecule has 1 heteroatoms. The Bertz CT molecular complexity index is 104. The first-order valence-corrected chi connectivity index (χ1v) is 4.90. The van der Waals surface area contributed by atoms with Crippen LogP contribution in [0.4, 0.5) is 0 Å². The van der Waals surface area contributed by atoms with E-state index in [9.17, 15) is 0 Å². The van der Waals surface area contributed by atoms with Gasteiger partial charge >= 0.3 is 10.1 Å². The third-order valence-electron chi connectivity index (χ3n) is 4.00. The van der Waals surface area contributed by atoms with Crippen molar-refractivity contribution in [3.8, 4) is 0 Å². The van der Waals surface area contributed by atoms with Crippen LogP contribution in [0.5, 0.6) is 0 Å². The molecule has 0 radical (unpaired) electrons. The van der Waals surface area contributed by atoms with E-state index in [2.05, 4.69) is 0 Å². The molecule has 0 heterocycles. The molecule has 4 aliphatic rings. The Labute approximate surface area is 75.9 Å². The van der Waals surface area contributed by atoms with Crippen molar-refractivity contribution in [3.63, 3.8) is 0 Å². The molecular weight excluding hydrogens is 129 g/mol. The third-order valence-corrected chi connectivity index (χ3v) is 4.00. The molecule has 0 amide bonds. The fourth-order valence-corrected chi connectivity index (χ4v) is 3.98. The monoisotopic (exact) mass is 147 g/mol. The van der Waals surface area contributed by atoms with Gasteiger partial charge in [0.05, 0.1) is 0 Å². The van der Waals surface area contributed by atoms with Crippen molar-refractivity contribution in [2.75, 3.05) is 0 Å². The molecule has 0 aromatic rings. The first-order chi connectivity index (χ1) is 4.90.